The molecule has 3 aromatic rings. The molecule has 1 saturated heterocycles. The van der Waals surface area contributed by atoms with Gasteiger partial charge in [-0.1, -0.05) is 35.3 Å². The second kappa shape index (κ2) is 9.86. The van der Waals surface area contributed by atoms with Gasteiger partial charge in [0.15, 0.2) is 12.4 Å². The van der Waals surface area contributed by atoms with Crippen LogP contribution in [-0.2, 0) is 4.79 Å². The van der Waals surface area contributed by atoms with Crippen molar-refractivity contribution in [3.8, 4) is 23.1 Å². The van der Waals surface area contributed by atoms with E-state index in [4.69, 9.17) is 33.2 Å². The summed E-state index contributed by atoms with van der Waals surface area (Å²) in [7, 11) is 0. The number of para-hydroxylation sites is 1. The Morgan fingerprint density at radius 1 is 1.03 bits per heavy atom. The fourth-order valence-electron chi connectivity index (χ4n) is 3.44. The first kappa shape index (κ1) is 21.9. The summed E-state index contributed by atoms with van der Waals surface area (Å²) in [6, 6.07) is 17.9. The lowest BCUT2D eigenvalue weighted by Gasteiger charge is -2.35. The molecule has 0 bridgehead atoms. The number of amides is 1. The molecular formula is C23H19Cl2N5O2. The SMILES string of the molecule is N#Cc1ccccc1OCC(=O)N1CCN(c2ccc(-c3ccc(Cl)cc3Cl)nn2)CC1. The summed E-state index contributed by atoms with van der Waals surface area (Å²) in [6.45, 7) is 2.27. The Morgan fingerprint density at radius 3 is 2.50 bits per heavy atom. The van der Waals surface area contributed by atoms with Gasteiger partial charge in [-0.05, 0) is 42.5 Å². The molecular weight excluding hydrogens is 449 g/mol. The number of hydrogen-bond acceptors (Lipinski definition) is 6. The summed E-state index contributed by atoms with van der Waals surface area (Å²) in [5.74, 6) is 1.04. The van der Waals surface area contributed by atoms with E-state index in [0.29, 0.717) is 53.2 Å². The largest absolute Gasteiger partial charge is 0.482 e. The summed E-state index contributed by atoms with van der Waals surface area (Å²) in [4.78, 5) is 16.4. The van der Waals surface area contributed by atoms with Crippen molar-refractivity contribution < 1.29 is 9.53 Å². The van der Waals surface area contributed by atoms with Crippen LogP contribution in [-0.4, -0.2) is 53.8 Å². The molecule has 2 heterocycles. The predicted octanol–water partition coefficient (Wildman–Crippen LogP) is 4.05. The van der Waals surface area contributed by atoms with E-state index in [0.717, 1.165) is 11.4 Å². The van der Waals surface area contributed by atoms with Crippen molar-refractivity contribution in [2.75, 3.05) is 37.7 Å². The van der Waals surface area contributed by atoms with E-state index in [1.807, 2.05) is 18.2 Å². The molecule has 1 aromatic heterocycles. The monoisotopic (exact) mass is 467 g/mol. The maximum Gasteiger partial charge on any atom is 0.260 e. The van der Waals surface area contributed by atoms with Crippen molar-refractivity contribution in [3.05, 3.63) is 70.2 Å². The lowest BCUT2D eigenvalue weighted by atomic mass is 10.1. The minimum atomic E-state index is -0.115. The molecule has 1 aliphatic rings. The van der Waals surface area contributed by atoms with Gasteiger partial charge in [-0.25, -0.2) is 0 Å². The normalized spacial score (nSPS) is 13.5. The number of hydrogen-bond donors (Lipinski definition) is 0. The summed E-state index contributed by atoms with van der Waals surface area (Å²) in [6.07, 6.45) is 0. The number of halogens is 2. The highest BCUT2D eigenvalue weighted by Gasteiger charge is 2.23. The number of anilines is 1. The molecule has 0 N–H and O–H groups in total. The maximum absolute atomic E-state index is 12.5. The van der Waals surface area contributed by atoms with E-state index >= 15 is 0 Å². The summed E-state index contributed by atoms with van der Waals surface area (Å²) >= 11 is 12.2. The summed E-state index contributed by atoms with van der Waals surface area (Å²) < 4.78 is 5.56. The van der Waals surface area contributed by atoms with Gasteiger partial charge < -0.3 is 14.5 Å². The lowest BCUT2D eigenvalue weighted by molar-refractivity contribution is -0.133. The Hall–Kier alpha value is -3.34. The Morgan fingerprint density at radius 2 is 1.81 bits per heavy atom. The highest BCUT2D eigenvalue weighted by Crippen LogP contribution is 2.29. The van der Waals surface area contributed by atoms with Crippen molar-refractivity contribution >= 4 is 34.9 Å². The molecule has 0 radical (unpaired) electrons. The van der Waals surface area contributed by atoms with Gasteiger partial charge in [-0.15, -0.1) is 10.2 Å². The van der Waals surface area contributed by atoms with Gasteiger partial charge in [0, 0.05) is 36.8 Å². The molecule has 1 aliphatic heterocycles. The standard InChI is InChI=1S/C23H19Cl2N5O2/c24-17-5-6-18(19(25)13-17)20-7-8-22(28-27-20)29-9-11-30(12-10-29)23(31)15-32-21-4-2-1-3-16(21)14-26/h1-8,13H,9-12,15H2. The predicted molar refractivity (Wildman–Crippen MR) is 123 cm³/mol. The van der Waals surface area contributed by atoms with Crippen molar-refractivity contribution in [3.63, 3.8) is 0 Å². The van der Waals surface area contributed by atoms with Gasteiger partial charge in [0.25, 0.3) is 5.91 Å². The Bertz CT molecular complexity index is 1160. The zero-order valence-electron chi connectivity index (χ0n) is 17.0. The third-order valence-corrected chi connectivity index (χ3v) is 5.72. The van der Waals surface area contributed by atoms with Crippen molar-refractivity contribution in [1.82, 2.24) is 15.1 Å². The number of ether oxygens (including phenoxy) is 1. The van der Waals surface area contributed by atoms with Gasteiger partial charge in [0.1, 0.15) is 11.8 Å². The highest BCUT2D eigenvalue weighted by atomic mass is 35.5. The molecule has 0 spiro atoms. The molecule has 9 heteroatoms. The lowest BCUT2D eigenvalue weighted by Crippen LogP contribution is -2.50. The number of aromatic nitrogens is 2. The van der Waals surface area contributed by atoms with Crippen LogP contribution in [0.5, 0.6) is 5.75 Å². The Kier molecular flexibility index (Phi) is 6.74. The van der Waals surface area contributed by atoms with Crippen LogP contribution in [0.15, 0.2) is 54.6 Å². The van der Waals surface area contributed by atoms with Gasteiger partial charge in [-0.2, -0.15) is 5.26 Å². The minimum absolute atomic E-state index is 0.102. The number of carbonyl (C=O) groups is 1. The smallest absolute Gasteiger partial charge is 0.260 e. The Labute approximate surface area is 195 Å². The quantitative estimate of drug-likeness (QED) is 0.562. The topological polar surface area (TPSA) is 82.4 Å². The number of nitriles is 1. The number of carbonyl (C=O) groups excluding carboxylic acids is 1. The summed E-state index contributed by atoms with van der Waals surface area (Å²) in [5, 5.41) is 18.8. The van der Waals surface area contributed by atoms with E-state index in [1.165, 1.54) is 0 Å². The fraction of sp³-hybridized carbons (Fsp3) is 0.217. The molecule has 1 fully saturated rings. The molecule has 0 unspecified atom stereocenters. The molecule has 0 aliphatic carbocycles. The maximum atomic E-state index is 12.5. The molecule has 1 amide bonds. The average Bonchev–Trinajstić information content (AvgIpc) is 2.83. The average molecular weight is 468 g/mol. The third-order valence-electron chi connectivity index (χ3n) is 5.17. The van der Waals surface area contributed by atoms with Crippen molar-refractivity contribution in [2.45, 2.75) is 0 Å². The molecule has 4 rings (SSSR count). The van der Waals surface area contributed by atoms with E-state index in [2.05, 4.69) is 21.2 Å². The first-order valence-corrected chi connectivity index (χ1v) is 10.7. The second-order valence-corrected chi connectivity index (χ2v) is 8.01. The van der Waals surface area contributed by atoms with E-state index in [1.54, 1.807) is 41.3 Å². The molecule has 0 atom stereocenters. The Balaban J connectivity index is 1.32. The highest BCUT2D eigenvalue weighted by molar-refractivity contribution is 6.36. The number of nitrogens with zero attached hydrogens (tertiary/aromatic N) is 5. The van der Waals surface area contributed by atoms with Gasteiger partial charge in [0.05, 0.1) is 16.3 Å². The second-order valence-electron chi connectivity index (χ2n) is 7.17. The van der Waals surface area contributed by atoms with Crippen LogP contribution in [0.3, 0.4) is 0 Å². The fourth-order valence-corrected chi connectivity index (χ4v) is 3.94. The first-order chi connectivity index (χ1) is 15.5. The van der Waals surface area contributed by atoms with Gasteiger partial charge in [0.2, 0.25) is 0 Å². The molecule has 2 aromatic carbocycles. The van der Waals surface area contributed by atoms with E-state index in [-0.39, 0.29) is 12.5 Å². The van der Waals surface area contributed by atoms with Gasteiger partial charge in [-0.3, -0.25) is 4.79 Å². The van der Waals surface area contributed by atoms with Crippen molar-refractivity contribution in [2.24, 2.45) is 0 Å². The molecule has 32 heavy (non-hydrogen) atoms. The molecule has 0 saturated carbocycles. The van der Waals surface area contributed by atoms with Crippen molar-refractivity contribution in [1.29, 1.82) is 5.26 Å². The third kappa shape index (κ3) is 4.93. The van der Waals surface area contributed by atoms with Crippen LogP contribution in [0.2, 0.25) is 10.0 Å². The van der Waals surface area contributed by atoms with Crippen LogP contribution >= 0.6 is 23.2 Å². The zero-order valence-corrected chi connectivity index (χ0v) is 18.6. The van der Waals surface area contributed by atoms with Crippen LogP contribution in [0, 0.1) is 11.3 Å². The van der Waals surface area contributed by atoms with Gasteiger partial charge >= 0.3 is 0 Å². The number of benzene rings is 2. The first-order valence-electron chi connectivity index (χ1n) is 9.99. The van der Waals surface area contributed by atoms with E-state index in [9.17, 15) is 4.79 Å². The van der Waals surface area contributed by atoms with Crippen LogP contribution < -0.4 is 9.64 Å². The zero-order chi connectivity index (χ0) is 22.5. The van der Waals surface area contributed by atoms with Crippen LogP contribution in [0.4, 0.5) is 5.82 Å². The van der Waals surface area contributed by atoms with Crippen LogP contribution in [0.1, 0.15) is 5.56 Å². The summed E-state index contributed by atoms with van der Waals surface area (Å²) in [5.41, 5.74) is 1.84. The van der Waals surface area contributed by atoms with E-state index < -0.39 is 0 Å². The number of piperazine rings is 1. The van der Waals surface area contributed by atoms with Crippen LogP contribution in [0.25, 0.3) is 11.3 Å². The number of rotatable bonds is 5. The molecule has 162 valence electrons. The molecule has 7 nitrogen and oxygen atoms in total. The minimum Gasteiger partial charge on any atom is -0.482 e.